The summed E-state index contributed by atoms with van der Waals surface area (Å²) in [7, 11) is 3.16. The SMILES string of the molecule is COc1ccc(/C=c2\sc3n(c2=O)[C@H](c2cc(Br)ccc2OC)C(C(=O)OC(C)C)=C(C)N=3)cc1. The van der Waals surface area contributed by atoms with E-state index in [0.717, 1.165) is 15.8 Å². The summed E-state index contributed by atoms with van der Waals surface area (Å²) in [6.07, 6.45) is 1.48. The maximum Gasteiger partial charge on any atom is 0.338 e. The Labute approximate surface area is 215 Å². The fourth-order valence-electron chi connectivity index (χ4n) is 3.92. The summed E-state index contributed by atoms with van der Waals surface area (Å²) < 4.78 is 19.2. The fraction of sp³-hybridized carbons (Fsp3) is 0.269. The highest BCUT2D eigenvalue weighted by Gasteiger charge is 2.35. The molecule has 182 valence electrons. The van der Waals surface area contributed by atoms with E-state index in [1.165, 1.54) is 11.3 Å². The summed E-state index contributed by atoms with van der Waals surface area (Å²) in [4.78, 5) is 32.1. The lowest BCUT2D eigenvalue weighted by molar-refractivity contribution is -0.143. The Kier molecular flexibility index (Phi) is 7.28. The fourth-order valence-corrected chi connectivity index (χ4v) is 5.35. The van der Waals surface area contributed by atoms with Crippen molar-refractivity contribution in [3.8, 4) is 11.5 Å². The van der Waals surface area contributed by atoms with Crippen molar-refractivity contribution in [3.05, 3.63) is 89.0 Å². The average Bonchev–Trinajstić information content (AvgIpc) is 3.12. The van der Waals surface area contributed by atoms with Crippen LogP contribution in [0.2, 0.25) is 0 Å². The van der Waals surface area contributed by atoms with Gasteiger partial charge in [0.2, 0.25) is 0 Å². The lowest BCUT2D eigenvalue weighted by Crippen LogP contribution is -2.40. The highest BCUT2D eigenvalue weighted by molar-refractivity contribution is 9.10. The lowest BCUT2D eigenvalue weighted by atomic mass is 9.95. The molecule has 0 radical (unpaired) electrons. The Morgan fingerprint density at radius 3 is 2.49 bits per heavy atom. The number of hydrogen-bond acceptors (Lipinski definition) is 7. The molecule has 7 nitrogen and oxygen atoms in total. The summed E-state index contributed by atoms with van der Waals surface area (Å²) in [6.45, 7) is 5.33. The third-order valence-corrected chi connectivity index (χ3v) is 6.96. The van der Waals surface area contributed by atoms with E-state index in [9.17, 15) is 9.59 Å². The van der Waals surface area contributed by atoms with Gasteiger partial charge in [-0.2, -0.15) is 0 Å². The molecular weight excluding hydrogens is 532 g/mol. The molecule has 0 fully saturated rings. The molecule has 3 aromatic rings. The van der Waals surface area contributed by atoms with E-state index >= 15 is 0 Å². The highest BCUT2D eigenvalue weighted by atomic mass is 79.9. The first kappa shape index (κ1) is 24.9. The van der Waals surface area contributed by atoms with Crippen LogP contribution in [0.5, 0.6) is 11.5 Å². The van der Waals surface area contributed by atoms with Crippen molar-refractivity contribution in [2.24, 2.45) is 4.99 Å². The minimum atomic E-state index is -0.761. The zero-order valence-corrected chi connectivity index (χ0v) is 22.4. The van der Waals surface area contributed by atoms with Crippen LogP contribution in [0.4, 0.5) is 0 Å². The molecule has 1 atom stereocenters. The van der Waals surface area contributed by atoms with Gasteiger partial charge in [-0.25, -0.2) is 9.79 Å². The van der Waals surface area contributed by atoms with Gasteiger partial charge in [0, 0.05) is 10.0 Å². The van der Waals surface area contributed by atoms with Crippen molar-refractivity contribution < 1.29 is 19.0 Å². The summed E-state index contributed by atoms with van der Waals surface area (Å²) in [5.74, 6) is 0.763. The van der Waals surface area contributed by atoms with Crippen molar-refractivity contribution in [2.75, 3.05) is 14.2 Å². The molecular formula is C26H25BrN2O5S. The third kappa shape index (κ3) is 4.97. The van der Waals surface area contributed by atoms with E-state index in [1.807, 2.05) is 42.5 Å². The monoisotopic (exact) mass is 556 g/mol. The van der Waals surface area contributed by atoms with E-state index in [-0.39, 0.29) is 11.7 Å². The number of nitrogens with zero attached hydrogens (tertiary/aromatic N) is 2. The number of fused-ring (bicyclic) bond motifs is 1. The van der Waals surface area contributed by atoms with Gasteiger partial charge in [0.25, 0.3) is 5.56 Å². The van der Waals surface area contributed by atoms with Crippen LogP contribution >= 0.6 is 27.3 Å². The first-order valence-corrected chi connectivity index (χ1v) is 12.6. The Balaban J connectivity index is 1.97. The van der Waals surface area contributed by atoms with Crippen LogP contribution in [0.3, 0.4) is 0 Å². The van der Waals surface area contributed by atoms with Gasteiger partial charge in [0.1, 0.15) is 17.5 Å². The molecule has 0 aliphatic carbocycles. The zero-order chi connectivity index (χ0) is 25.3. The van der Waals surface area contributed by atoms with Crippen LogP contribution in [0.1, 0.15) is 37.9 Å². The molecule has 2 aromatic carbocycles. The largest absolute Gasteiger partial charge is 0.497 e. The molecule has 0 N–H and O–H groups in total. The molecule has 9 heteroatoms. The number of esters is 1. The van der Waals surface area contributed by atoms with Crippen LogP contribution in [0.15, 0.2) is 68.0 Å². The van der Waals surface area contributed by atoms with E-state index in [2.05, 4.69) is 20.9 Å². The second-order valence-electron chi connectivity index (χ2n) is 8.20. The number of ether oxygens (including phenoxy) is 3. The first-order valence-electron chi connectivity index (χ1n) is 10.9. The van der Waals surface area contributed by atoms with Gasteiger partial charge in [-0.05, 0) is 62.7 Å². The molecule has 0 saturated heterocycles. The molecule has 1 aliphatic heterocycles. The van der Waals surface area contributed by atoms with E-state index in [0.29, 0.717) is 31.9 Å². The maximum atomic E-state index is 13.7. The van der Waals surface area contributed by atoms with Crippen LogP contribution in [0, 0.1) is 0 Å². The van der Waals surface area contributed by atoms with Gasteiger partial charge in [0.05, 0.1) is 36.1 Å². The van der Waals surface area contributed by atoms with Gasteiger partial charge in [0.15, 0.2) is 4.80 Å². The minimum Gasteiger partial charge on any atom is -0.497 e. The van der Waals surface area contributed by atoms with Gasteiger partial charge in [-0.3, -0.25) is 9.36 Å². The Morgan fingerprint density at radius 2 is 1.86 bits per heavy atom. The van der Waals surface area contributed by atoms with Gasteiger partial charge < -0.3 is 14.2 Å². The number of rotatable bonds is 6. The van der Waals surface area contributed by atoms with E-state index in [4.69, 9.17) is 14.2 Å². The molecule has 4 rings (SSSR count). The number of aromatic nitrogens is 1. The van der Waals surface area contributed by atoms with Gasteiger partial charge in [-0.15, -0.1) is 0 Å². The standard InChI is InChI=1S/C26H25BrN2O5S/c1-14(2)34-25(31)22-15(3)28-26-29(23(22)19-13-17(27)8-11-20(19)33-5)24(30)21(35-26)12-16-6-9-18(32-4)10-7-16/h6-14,23H,1-5H3/b21-12-/t23-/m1/s1. The van der Waals surface area contributed by atoms with E-state index in [1.54, 1.807) is 45.6 Å². The number of thiazole rings is 1. The normalized spacial score (nSPS) is 15.6. The average molecular weight is 557 g/mol. The summed E-state index contributed by atoms with van der Waals surface area (Å²) >= 11 is 4.78. The molecule has 2 heterocycles. The minimum absolute atomic E-state index is 0.251. The second-order valence-corrected chi connectivity index (χ2v) is 10.1. The van der Waals surface area contributed by atoms with Crippen molar-refractivity contribution in [1.29, 1.82) is 0 Å². The number of hydrogen-bond donors (Lipinski definition) is 0. The number of carbonyl (C=O) groups excluding carboxylic acids is 1. The lowest BCUT2D eigenvalue weighted by Gasteiger charge is -2.26. The number of halogens is 1. The van der Waals surface area contributed by atoms with Gasteiger partial charge >= 0.3 is 5.97 Å². The van der Waals surface area contributed by atoms with Crippen LogP contribution < -0.4 is 24.4 Å². The van der Waals surface area contributed by atoms with Crippen LogP contribution in [-0.2, 0) is 9.53 Å². The Hall–Kier alpha value is -3.17. The Bertz CT molecular complexity index is 1490. The van der Waals surface area contributed by atoms with Crippen molar-refractivity contribution in [2.45, 2.75) is 32.9 Å². The number of methoxy groups -OCH3 is 2. The number of carbonyl (C=O) groups is 1. The van der Waals surface area contributed by atoms with Crippen molar-refractivity contribution in [1.82, 2.24) is 4.57 Å². The summed E-state index contributed by atoms with van der Waals surface area (Å²) in [5.41, 5.74) is 2.06. The molecule has 0 unspecified atom stereocenters. The molecule has 0 amide bonds. The number of benzene rings is 2. The summed E-state index contributed by atoms with van der Waals surface area (Å²) in [5, 5.41) is 0. The van der Waals surface area contributed by atoms with Crippen LogP contribution in [-0.4, -0.2) is 30.9 Å². The molecule has 35 heavy (non-hydrogen) atoms. The number of allylic oxidation sites excluding steroid dienone is 1. The molecule has 0 bridgehead atoms. The quantitative estimate of drug-likeness (QED) is 0.429. The first-order chi connectivity index (χ1) is 16.7. The second kappa shape index (κ2) is 10.2. The molecule has 1 aromatic heterocycles. The maximum absolute atomic E-state index is 13.7. The smallest absolute Gasteiger partial charge is 0.338 e. The predicted octanol–water partition coefficient (Wildman–Crippen LogP) is 3.97. The summed E-state index contributed by atoms with van der Waals surface area (Å²) in [6, 6.07) is 12.2. The topological polar surface area (TPSA) is 79.1 Å². The van der Waals surface area contributed by atoms with Gasteiger partial charge in [-0.1, -0.05) is 39.4 Å². The molecule has 0 saturated carbocycles. The predicted molar refractivity (Wildman–Crippen MR) is 139 cm³/mol. The molecule has 0 spiro atoms. The van der Waals surface area contributed by atoms with Crippen molar-refractivity contribution >= 4 is 39.3 Å². The van der Waals surface area contributed by atoms with E-state index < -0.39 is 12.0 Å². The van der Waals surface area contributed by atoms with Crippen LogP contribution in [0.25, 0.3) is 6.08 Å². The van der Waals surface area contributed by atoms with Crippen molar-refractivity contribution in [3.63, 3.8) is 0 Å². The third-order valence-electron chi connectivity index (χ3n) is 5.48. The highest BCUT2D eigenvalue weighted by Crippen LogP contribution is 2.37. The zero-order valence-electron chi connectivity index (χ0n) is 20.0. The Morgan fingerprint density at radius 1 is 1.14 bits per heavy atom. The molecule has 1 aliphatic rings.